The molecule has 0 saturated heterocycles. The topological polar surface area (TPSA) is 54.4 Å². The van der Waals surface area contributed by atoms with Crippen molar-refractivity contribution in [1.82, 2.24) is 0 Å². The van der Waals surface area contributed by atoms with Crippen LogP contribution in [0.15, 0.2) is 36.4 Å². The van der Waals surface area contributed by atoms with Crippen molar-refractivity contribution >= 4 is 17.3 Å². The van der Waals surface area contributed by atoms with E-state index in [9.17, 15) is 9.59 Å². The fraction of sp³-hybridized carbons (Fsp3) is 0.231. The number of carbonyl (C=O) groups is 2. The van der Waals surface area contributed by atoms with Crippen molar-refractivity contribution in [3.8, 4) is 0 Å². The van der Waals surface area contributed by atoms with E-state index in [1.165, 1.54) is 0 Å². The lowest BCUT2D eigenvalue weighted by Gasteiger charge is -2.18. The van der Waals surface area contributed by atoms with Crippen molar-refractivity contribution < 1.29 is 14.7 Å². The van der Waals surface area contributed by atoms with Crippen LogP contribution in [0.25, 0.3) is 5.57 Å². The Morgan fingerprint density at radius 1 is 1.19 bits per heavy atom. The first-order valence-corrected chi connectivity index (χ1v) is 5.18. The average molecular weight is 216 g/mol. The minimum atomic E-state index is -0.894. The number of rotatable bonds is 2. The van der Waals surface area contributed by atoms with Gasteiger partial charge in [0.05, 0.1) is 5.92 Å². The molecule has 2 rings (SSSR count). The summed E-state index contributed by atoms with van der Waals surface area (Å²) < 4.78 is 0. The maximum absolute atomic E-state index is 11.4. The van der Waals surface area contributed by atoms with E-state index in [-0.39, 0.29) is 12.2 Å². The second kappa shape index (κ2) is 4.31. The third-order valence-electron chi connectivity index (χ3n) is 2.74. The van der Waals surface area contributed by atoms with E-state index in [1.807, 2.05) is 30.3 Å². The maximum atomic E-state index is 11.4. The van der Waals surface area contributed by atoms with Gasteiger partial charge >= 0.3 is 5.97 Å². The first kappa shape index (κ1) is 10.6. The number of allylic oxidation sites excluding steroid dienone is 2. The number of carbonyl (C=O) groups excluding carboxylic acids is 1. The Hall–Kier alpha value is -1.90. The lowest BCUT2D eigenvalue weighted by Crippen LogP contribution is -2.21. The molecule has 1 aromatic rings. The van der Waals surface area contributed by atoms with Gasteiger partial charge in [0.25, 0.3) is 0 Å². The Morgan fingerprint density at radius 2 is 1.88 bits per heavy atom. The third-order valence-corrected chi connectivity index (χ3v) is 2.74. The van der Waals surface area contributed by atoms with Gasteiger partial charge in [0.2, 0.25) is 0 Å². The van der Waals surface area contributed by atoms with E-state index in [0.29, 0.717) is 6.42 Å². The number of hydrogen-bond donors (Lipinski definition) is 1. The molecule has 0 aliphatic heterocycles. The Morgan fingerprint density at radius 3 is 2.50 bits per heavy atom. The lowest BCUT2D eigenvalue weighted by atomic mass is 9.85. The molecule has 1 aliphatic rings. The molecule has 0 amide bonds. The summed E-state index contributed by atoms with van der Waals surface area (Å²) in [4.78, 5) is 22.3. The molecule has 0 spiro atoms. The van der Waals surface area contributed by atoms with E-state index in [2.05, 4.69) is 0 Å². The Balaban J connectivity index is 2.29. The van der Waals surface area contributed by atoms with Crippen molar-refractivity contribution in [3.63, 3.8) is 0 Å². The number of carboxylic acid groups (broad SMARTS) is 1. The minimum Gasteiger partial charge on any atom is -0.481 e. The highest BCUT2D eigenvalue weighted by atomic mass is 16.4. The fourth-order valence-electron chi connectivity index (χ4n) is 1.92. The third kappa shape index (κ3) is 2.19. The van der Waals surface area contributed by atoms with Gasteiger partial charge in [-0.1, -0.05) is 30.3 Å². The highest BCUT2D eigenvalue weighted by Gasteiger charge is 2.26. The van der Waals surface area contributed by atoms with Gasteiger partial charge in [-0.25, -0.2) is 0 Å². The molecule has 1 aromatic carbocycles. The van der Waals surface area contributed by atoms with Crippen molar-refractivity contribution in [2.24, 2.45) is 5.92 Å². The Kier molecular flexibility index (Phi) is 2.86. The van der Waals surface area contributed by atoms with Crippen LogP contribution in [-0.2, 0) is 9.59 Å². The molecule has 0 unspecified atom stereocenters. The normalized spacial score (nSPS) is 20.4. The van der Waals surface area contributed by atoms with Crippen LogP contribution in [0.2, 0.25) is 0 Å². The van der Waals surface area contributed by atoms with Crippen LogP contribution in [0, 0.1) is 5.92 Å². The standard InChI is InChI=1S/C13H12O3/c14-12-7-10(6-11(8-12)13(15)16)9-4-2-1-3-5-9/h1-5,7,11H,6,8H2,(H,15,16)/t11-/m0/s1. The summed E-state index contributed by atoms with van der Waals surface area (Å²) in [5, 5.41) is 8.94. The molecule has 0 aromatic heterocycles. The van der Waals surface area contributed by atoms with Crippen LogP contribution in [0.1, 0.15) is 18.4 Å². The smallest absolute Gasteiger partial charge is 0.307 e. The van der Waals surface area contributed by atoms with E-state index in [0.717, 1.165) is 11.1 Å². The zero-order valence-corrected chi connectivity index (χ0v) is 8.72. The van der Waals surface area contributed by atoms with E-state index >= 15 is 0 Å². The largest absolute Gasteiger partial charge is 0.481 e. The quantitative estimate of drug-likeness (QED) is 0.823. The van der Waals surface area contributed by atoms with Crippen LogP contribution in [0.3, 0.4) is 0 Å². The molecular formula is C13H12O3. The summed E-state index contributed by atoms with van der Waals surface area (Å²) in [6, 6.07) is 9.44. The fourth-order valence-corrected chi connectivity index (χ4v) is 1.92. The first-order chi connectivity index (χ1) is 7.66. The highest BCUT2D eigenvalue weighted by molar-refractivity contribution is 6.01. The van der Waals surface area contributed by atoms with Gasteiger partial charge in [-0.05, 0) is 23.6 Å². The van der Waals surface area contributed by atoms with Gasteiger partial charge in [-0.2, -0.15) is 0 Å². The predicted octanol–water partition coefficient (Wildman–Crippen LogP) is 2.13. The lowest BCUT2D eigenvalue weighted by molar-refractivity contribution is -0.143. The molecule has 0 saturated carbocycles. The Labute approximate surface area is 93.4 Å². The summed E-state index contributed by atoms with van der Waals surface area (Å²) in [6.07, 6.45) is 2.12. The molecule has 1 N–H and O–H groups in total. The second-order valence-electron chi connectivity index (χ2n) is 3.95. The molecule has 3 nitrogen and oxygen atoms in total. The van der Waals surface area contributed by atoms with Gasteiger partial charge in [0, 0.05) is 6.42 Å². The van der Waals surface area contributed by atoms with Gasteiger partial charge in [-0.15, -0.1) is 0 Å². The first-order valence-electron chi connectivity index (χ1n) is 5.18. The number of aliphatic carboxylic acids is 1. The Bertz CT molecular complexity index is 446. The minimum absolute atomic E-state index is 0.0995. The predicted molar refractivity (Wildman–Crippen MR) is 59.8 cm³/mol. The number of hydrogen-bond acceptors (Lipinski definition) is 2. The monoisotopic (exact) mass is 216 g/mol. The van der Waals surface area contributed by atoms with Gasteiger partial charge in [-0.3, -0.25) is 9.59 Å². The van der Waals surface area contributed by atoms with Crippen LogP contribution >= 0.6 is 0 Å². The molecule has 1 atom stereocenters. The second-order valence-corrected chi connectivity index (χ2v) is 3.95. The molecule has 0 bridgehead atoms. The van der Waals surface area contributed by atoms with E-state index in [1.54, 1.807) is 6.08 Å². The van der Waals surface area contributed by atoms with Gasteiger partial charge < -0.3 is 5.11 Å². The van der Waals surface area contributed by atoms with Crippen LogP contribution < -0.4 is 0 Å². The number of ketones is 1. The van der Waals surface area contributed by atoms with Crippen LogP contribution in [0.5, 0.6) is 0 Å². The van der Waals surface area contributed by atoms with Crippen molar-refractivity contribution in [3.05, 3.63) is 42.0 Å². The molecule has 82 valence electrons. The maximum Gasteiger partial charge on any atom is 0.307 e. The number of benzene rings is 1. The summed E-state index contributed by atoms with van der Waals surface area (Å²) in [7, 11) is 0. The molecule has 0 heterocycles. The molecule has 0 radical (unpaired) electrons. The highest BCUT2D eigenvalue weighted by Crippen LogP contribution is 2.29. The summed E-state index contributed by atoms with van der Waals surface area (Å²) >= 11 is 0. The molecule has 3 heteroatoms. The van der Waals surface area contributed by atoms with Crippen LogP contribution in [0.4, 0.5) is 0 Å². The number of carboxylic acids is 1. The van der Waals surface area contributed by atoms with Crippen LogP contribution in [-0.4, -0.2) is 16.9 Å². The van der Waals surface area contributed by atoms with Crippen molar-refractivity contribution in [2.45, 2.75) is 12.8 Å². The zero-order valence-electron chi connectivity index (χ0n) is 8.72. The van der Waals surface area contributed by atoms with E-state index in [4.69, 9.17) is 5.11 Å². The zero-order chi connectivity index (χ0) is 11.5. The molecular weight excluding hydrogens is 204 g/mol. The molecule has 0 fully saturated rings. The molecule has 1 aliphatic carbocycles. The van der Waals surface area contributed by atoms with E-state index < -0.39 is 11.9 Å². The molecule has 16 heavy (non-hydrogen) atoms. The average Bonchev–Trinajstić information content (AvgIpc) is 2.29. The summed E-state index contributed by atoms with van der Waals surface area (Å²) in [5.41, 5.74) is 1.76. The summed E-state index contributed by atoms with van der Waals surface area (Å²) in [6.45, 7) is 0. The summed E-state index contributed by atoms with van der Waals surface area (Å²) in [5.74, 6) is -1.57. The van der Waals surface area contributed by atoms with Crippen molar-refractivity contribution in [1.29, 1.82) is 0 Å². The van der Waals surface area contributed by atoms with Gasteiger partial charge in [0.1, 0.15) is 0 Å². The van der Waals surface area contributed by atoms with Crippen molar-refractivity contribution in [2.75, 3.05) is 0 Å². The van der Waals surface area contributed by atoms with Gasteiger partial charge in [0.15, 0.2) is 5.78 Å². The SMILES string of the molecule is O=C1C=C(c2ccccc2)C[C@H](C(=O)O)C1.